The SMILES string of the molecule is CC(=O)Oc1cccc(C23CCN(C)CC2(OC(C)=O)CCC(N(CC(C)C)C(=O)c2ccc4ccccc4c2)C3)c1. The van der Waals surface area contributed by atoms with Crippen molar-refractivity contribution >= 4 is 28.6 Å². The Morgan fingerprint density at radius 2 is 1.71 bits per heavy atom. The van der Waals surface area contributed by atoms with Gasteiger partial charge in [0.1, 0.15) is 11.4 Å². The predicted molar refractivity (Wildman–Crippen MR) is 164 cm³/mol. The molecule has 3 aromatic carbocycles. The van der Waals surface area contributed by atoms with Gasteiger partial charge in [-0.05, 0) is 85.8 Å². The zero-order valence-corrected chi connectivity index (χ0v) is 25.4. The summed E-state index contributed by atoms with van der Waals surface area (Å²) in [5.74, 6) is 0.0744. The van der Waals surface area contributed by atoms with Crippen LogP contribution in [0.2, 0.25) is 0 Å². The molecule has 0 bridgehead atoms. The van der Waals surface area contributed by atoms with Gasteiger partial charge in [0, 0.05) is 44.0 Å². The van der Waals surface area contributed by atoms with E-state index in [0.717, 1.165) is 35.7 Å². The third kappa shape index (κ3) is 5.80. The van der Waals surface area contributed by atoms with E-state index in [4.69, 9.17) is 9.47 Å². The summed E-state index contributed by atoms with van der Waals surface area (Å²) in [6.45, 7) is 9.18. The Balaban J connectivity index is 1.59. The third-order valence-electron chi connectivity index (χ3n) is 9.03. The number of fused-ring (bicyclic) bond motifs is 2. The molecule has 222 valence electrons. The average Bonchev–Trinajstić information content (AvgIpc) is 2.94. The van der Waals surface area contributed by atoms with E-state index in [1.807, 2.05) is 48.5 Å². The molecule has 0 aromatic heterocycles. The lowest BCUT2D eigenvalue weighted by molar-refractivity contribution is -0.187. The highest BCUT2D eigenvalue weighted by Crippen LogP contribution is 2.55. The number of esters is 2. The second kappa shape index (κ2) is 11.9. The Hall–Kier alpha value is -3.71. The lowest BCUT2D eigenvalue weighted by Gasteiger charge is -2.60. The van der Waals surface area contributed by atoms with Crippen molar-refractivity contribution in [3.05, 3.63) is 77.9 Å². The van der Waals surface area contributed by atoms with Gasteiger partial charge in [0.25, 0.3) is 5.91 Å². The highest BCUT2D eigenvalue weighted by atomic mass is 16.6. The molecule has 3 aromatic rings. The summed E-state index contributed by atoms with van der Waals surface area (Å²) in [4.78, 5) is 43.0. The minimum Gasteiger partial charge on any atom is -0.457 e. The first-order chi connectivity index (χ1) is 20.0. The first kappa shape index (κ1) is 29.8. The number of hydrogen-bond donors (Lipinski definition) is 0. The summed E-state index contributed by atoms with van der Waals surface area (Å²) >= 11 is 0. The monoisotopic (exact) mass is 570 g/mol. The molecule has 42 heavy (non-hydrogen) atoms. The first-order valence-electron chi connectivity index (χ1n) is 15.0. The molecule has 5 rings (SSSR count). The topological polar surface area (TPSA) is 76.2 Å². The van der Waals surface area contributed by atoms with E-state index in [2.05, 4.69) is 42.8 Å². The van der Waals surface area contributed by atoms with Gasteiger partial charge in [0.15, 0.2) is 0 Å². The van der Waals surface area contributed by atoms with E-state index in [1.165, 1.54) is 13.8 Å². The third-order valence-corrected chi connectivity index (χ3v) is 9.03. The van der Waals surface area contributed by atoms with Crippen LogP contribution < -0.4 is 4.74 Å². The predicted octanol–water partition coefficient (Wildman–Crippen LogP) is 5.99. The second-order valence-electron chi connectivity index (χ2n) is 12.6. The van der Waals surface area contributed by atoms with Crippen LogP contribution in [0.1, 0.15) is 69.3 Å². The number of hydrogen-bond acceptors (Lipinski definition) is 6. The fourth-order valence-electron chi connectivity index (χ4n) is 7.34. The van der Waals surface area contributed by atoms with Crippen LogP contribution in [0, 0.1) is 5.92 Å². The van der Waals surface area contributed by atoms with Crippen LogP contribution in [-0.2, 0) is 19.7 Å². The molecule has 1 saturated carbocycles. The first-order valence-corrected chi connectivity index (χ1v) is 15.0. The Kier molecular flexibility index (Phi) is 8.42. The number of benzene rings is 3. The van der Waals surface area contributed by atoms with Crippen LogP contribution in [0.3, 0.4) is 0 Å². The maximum atomic E-state index is 14.3. The smallest absolute Gasteiger partial charge is 0.308 e. The molecule has 7 nitrogen and oxygen atoms in total. The molecule has 7 heteroatoms. The number of likely N-dealkylation sites (tertiary alicyclic amines) is 1. The van der Waals surface area contributed by atoms with Crippen molar-refractivity contribution in [1.82, 2.24) is 9.80 Å². The number of carbonyl (C=O) groups is 3. The van der Waals surface area contributed by atoms with Gasteiger partial charge in [-0.15, -0.1) is 0 Å². The molecule has 1 saturated heterocycles. The number of rotatable bonds is 7. The minimum absolute atomic E-state index is 0.0242. The van der Waals surface area contributed by atoms with E-state index < -0.39 is 11.0 Å². The van der Waals surface area contributed by atoms with Crippen LogP contribution in [-0.4, -0.2) is 66.0 Å². The van der Waals surface area contributed by atoms with Gasteiger partial charge in [-0.2, -0.15) is 0 Å². The van der Waals surface area contributed by atoms with Crippen molar-refractivity contribution in [2.24, 2.45) is 5.92 Å². The van der Waals surface area contributed by atoms with Crippen molar-refractivity contribution in [3.63, 3.8) is 0 Å². The molecule has 1 aliphatic carbocycles. The standard InChI is InChI=1S/C35H42N2O5/c1-24(2)22-37(33(40)29-14-13-27-9-6-7-10-28(27)19-29)31-15-16-35(42-26(4)39)23-36(5)18-17-34(35,21-31)30-11-8-12-32(20-30)41-25(3)38/h6-14,19-20,24,31H,15-18,21-23H2,1-5H3. The van der Waals surface area contributed by atoms with Crippen LogP contribution in [0.5, 0.6) is 5.75 Å². The summed E-state index contributed by atoms with van der Waals surface area (Å²) in [5.41, 5.74) is 0.318. The largest absolute Gasteiger partial charge is 0.457 e. The van der Waals surface area contributed by atoms with Gasteiger partial charge >= 0.3 is 11.9 Å². The Morgan fingerprint density at radius 3 is 2.43 bits per heavy atom. The maximum absolute atomic E-state index is 14.3. The number of amides is 1. The number of nitrogens with zero attached hydrogens (tertiary/aromatic N) is 2. The van der Waals surface area contributed by atoms with Crippen LogP contribution >= 0.6 is 0 Å². The highest BCUT2D eigenvalue weighted by Gasteiger charge is 2.61. The summed E-state index contributed by atoms with van der Waals surface area (Å²) in [5, 5.41) is 2.14. The highest BCUT2D eigenvalue weighted by molar-refractivity contribution is 5.98. The van der Waals surface area contributed by atoms with Gasteiger partial charge in [-0.3, -0.25) is 14.4 Å². The second-order valence-corrected chi connectivity index (χ2v) is 12.6. The quantitative estimate of drug-likeness (QED) is 0.257. The Bertz CT molecular complexity index is 1480. The molecular formula is C35H42N2O5. The molecule has 3 unspecified atom stereocenters. The fourth-order valence-corrected chi connectivity index (χ4v) is 7.34. The lowest BCUT2D eigenvalue weighted by atomic mass is 9.55. The molecule has 1 amide bonds. The number of likely N-dealkylation sites (N-methyl/N-ethyl adjacent to an activating group) is 1. The zero-order valence-electron chi connectivity index (χ0n) is 25.4. The number of carbonyl (C=O) groups excluding carboxylic acids is 3. The minimum atomic E-state index is -0.771. The summed E-state index contributed by atoms with van der Waals surface area (Å²) in [6, 6.07) is 21.6. The molecule has 0 spiro atoms. The van der Waals surface area contributed by atoms with Crippen molar-refractivity contribution in [2.45, 2.75) is 70.4 Å². The average molecular weight is 571 g/mol. The van der Waals surface area contributed by atoms with E-state index in [9.17, 15) is 14.4 Å². The molecule has 1 heterocycles. The maximum Gasteiger partial charge on any atom is 0.308 e. The van der Waals surface area contributed by atoms with Crippen LogP contribution in [0.4, 0.5) is 0 Å². The van der Waals surface area contributed by atoms with Crippen molar-refractivity contribution in [2.75, 3.05) is 26.7 Å². The normalized spacial score (nSPS) is 24.2. The van der Waals surface area contributed by atoms with Gasteiger partial charge in [-0.25, -0.2) is 0 Å². The Morgan fingerprint density at radius 1 is 0.952 bits per heavy atom. The molecule has 2 aliphatic rings. The summed E-state index contributed by atoms with van der Waals surface area (Å²) in [6.07, 6.45) is 2.73. The van der Waals surface area contributed by atoms with E-state index in [0.29, 0.717) is 37.2 Å². The number of ether oxygens (including phenoxy) is 2. The summed E-state index contributed by atoms with van der Waals surface area (Å²) in [7, 11) is 2.06. The molecule has 0 radical (unpaired) electrons. The van der Waals surface area contributed by atoms with Gasteiger partial charge in [0.2, 0.25) is 0 Å². The molecular weight excluding hydrogens is 528 g/mol. The van der Waals surface area contributed by atoms with E-state index in [-0.39, 0.29) is 29.8 Å². The van der Waals surface area contributed by atoms with Crippen LogP contribution in [0.25, 0.3) is 10.8 Å². The molecule has 0 N–H and O–H groups in total. The van der Waals surface area contributed by atoms with Crippen molar-refractivity contribution < 1.29 is 23.9 Å². The van der Waals surface area contributed by atoms with E-state index in [1.54, 1.807) is 6.07 Å². The number of piperidine rings is 1. The van der Waals surface area contributed by atoms with Gasteiger partial charge in [-0.1, -0.05) is 56.3 Å². The van der Waals surface area contributed by atoms with Crippen LogP contribution in [0.15, 0.2) is 66.7 Å². The molecule has 3 atom stereocenters. The lowest BCUT2D eigenvalue weighted by Crippen LogP contribution is -2.68. The van der Waals surface area contributed by atoms with E-state index >= 15 is 0 Å². The summed E-state index contributed by atoms with van der Waals surface area (Å²) < 4.78 is 11.8. The van der Waals surface area contributed by atoms with Crippen molar-refractivity contribution in [1.29, 1.82) is 0 Å². The zero-order chi connectivity index (χ0) is 30.1. The van der Waals surface area contributed by atoms with Gasteiger partial charge < -0.3 is 19.3 Å². The van der Waals surface area contributed by atoms with Crippen molar-refractivity contribution in [3.8, 4) is 5.75 Å². The molecule has 1 aliphatic heterocycles. The Labute approximate surface area is 248 Å². The molecule has 2 fully saturated rings. The fraction of sp³-hybridized carbons (Fsp3) is 0.457. The van der Waals surface area contributed by atoms with Gasteiger partial charge in [0.05, 0.1) is 0 Å².